The molecule has 0 aliphatic rings. The first-order valence-electron chi connectivity index (χ1n) is 9.54. The number of aromatic nitrogens is 4. The van der Waals surface area contributed by atoms with E-state index in [9.17, 15) is 0 Å². The number of para-hydroxylation sites is 1. The fourth-order valence-electron chi connectivity index (χ4n) is 3.66. The fourth-order valence-corrected chi connectivity index (χ4v) is 3.66. The predicted octanol–water partition coefficient (Wildman–Crippen LogP) is 4.64. The molecule has 0 N–H and O–H groups in total. The highest BCUT2D eigenvalue weighted by molar-refractivity contribution is 5.83. The number of nitrogens with zero attached hydrogens (tertiary/aromatic N) is 4. The molecule has 4 rings (SSSR count). The Labute approximate surface area is 170 Å². The van der Waals surface area contributed by atoms with Crippen molar-refractivity contribution >= 4 is 11.0 Å². The van der Waals surface area contributed by atoms with Crippen molar-refractivity contribution < 1.29 is 9.47 Å². The van der Waals surface area contributed by atoms with Crippen molar-refractivity contribution in [3.8, 4) is 17.3 Å². The maximum Gasteiger partial charge on any atom is 0.215 e. The summed E-state index contributed by atoms with van der Waals surface area (Å²) in [7, 11) is 1.67. The second kappa shape index (κ2) is 7.54. The molecule has 6 heteroatoms. The Balaban J connectivity index is 1.71. The van der Waals surface area contributed by atoms with Crippen LogP contribution in [0.15, 0.2) is 42.6 Å². The highest BCUT2D eigenvalue weighted by atomic mass is 16.5. The number of methoxy groups -OCH3 is 1. The largest absolute Gasteiger partial charge is 0.496 e. The third-order valence-corrected chi connectivity index (χ3v) is 5.09. The standard InChI is InChI=1S/C23H24N4O2/c1-14-11-20(29-13-19-16(3)22(28-5)15(2)12-24-19)25-23-21(14)17(4)26-27(23)18-9-7-6-8-10-18/h6-12H,13H2,1-5H3. The van der Waals surface area contributed by atoms with Crippen LogP contribution in [0.5, 0.6) is 11.6 Å². The van der Waals surface area contributed by atoms with Gasteiger partial charge in [-0.05, 0) is 45.4 Å². The molecule has 29 heavy (non-hydrogen) atoms. The highest BCUT2D eigenvalue weighted by Gasteiger charge is 2.16. The lowest BCUT2D eigenvalue weighted by Gasteiger charge is -2.13. The van der Waals surface area contributed by atoms with Gasteiger partial charge < -0.3 is 9.47 Å². The molecule has 3 heterocycles. The maximum absolute atomic E-state index is 6.03. The van der Waals surface area contributed by atoms with Crippen LogP contribution in [-0.4, -0.2) is 26.9 Å². The Morgan fingerprint density at radius 3 is 2.48 bits per heavy atom. The Morgan fingerprint density at radius 2 is 1.76 bits per heavy atom. The van der Waals surface area contributed by atoms with Crippen molar-refractivity contribution in [2.45, 2.75) is 34.3 Å². The lowest BCUT2D eigenvalue weighted by Crippen LogP contribution is -2.05. The second-order valence-corrected chi connectivity index (χ2v) is 7.14. The van der Waals surface area contributed by atoms with Gasteiger partial charge >= 0.3 is 0 Å². The second-order valence-electron chi connectivity index (χ2n) is 7.14. The zero-order valence-corrected chi connectivity index (χ0v) is 17.4. The first-order valence-corrected chi connectivity index (χ1v) is 9.54. The zero-order chi connectivity index (χ0) is 20.5. The van der Waals surface area contributed by atoms with Crippen molar-refractivity contribution in [2.75, 3.05) is 7.11 Å². The van der Waals surface area contributed by atoms with Gasteiger partial charge in [0.15, 0.2) is 5.65 Å². The van der Waals surface area contributed by atoms with Gasteiger partial charge in [-0.2, -0.15) is 10.1 Å². The number of fused-ring (bicyclic) bond motifs is 1. The van der Waals surface area contributed by atoms with Crippen molar-refractivity contribution in [1.29, 1.82) is 0 Å². The molecule has 6 nitrogen and oxygen atoms in total. The van der Waals surface area contributed by atoms with Crippen LogP contribution in [0.25, 0.3) is 16.7 Å². The van der Waals surface area contributed by atoms with E-state index in [2.05, 4.69) is 11.9 Å². The molecule has 0 radical (unpaired) electrons. The molecule has 0 spiro atoms. The smallest absolute Gasteiger partial charge is 0.215 e. The molecule has 0 aliphatic carbocycles. The third kappa shape index (κ3) is 3.42. The van der Waals surface area contributed by atoms with E-state index in [1.807, 2.05) is 61.9 Å². The maximum atomic E-state index is 6.03. The predicted molar refractivity (Wildman–Crippen MR) is 113 cm³/mol. The van der Waals surface area contributed by atoms with E-state index in [1.165, 1.54) is 0 Å². The molecule has 3 aromatic heterocycles. The Hall–Kier alpha value is -3.41. The molecule has 0 amide bonds. The molecule has 4 aromatic rings. The summed E-state index contributed by atoms with van der Waals surface area (Å²) in [4.78, 5) is 9.26. The van der Waals surface area contributed by atoms with Crippen molar-refractivity contribution in [3.05, 3.63) is 70.7 Å². The lowest BCUT2D eigenvalue weighted by molar-refractivity contribution is 0.287. The minimum Gasteiger partial charge on any atom is -0.496 e. The topological polar surface area (TPSA) is 62.1 Å². The zero-order valence-electron chi connectivity index (χ0n) is 17.4. The number of hydrogen-bond acceptors (Lipinski definition) is 5. The Morgan fingerprint density at radius 1 is 1.00 bits per heavy atom. The van der Waals surface area contributed by atoms with Gasteiger partial charge in [-0.15, -0.1) is 0 Å². The van der Waals surface area contributed by atoms with E-state index in [4.69, 9.17) is 19.6 Å². The first kappa shape index (κ1) is 18.9. The van der Waals surface area contributed by atoms with Gasteiger partial charge in [0.1, 0.15) is 12.4 Å². The summed E-state index contributed by atoms with van der Waals surface area (Å²) < 4.78 is 13.4. The van der Waals surface area contributed by atoms with Crippen molar-refractivity contribution in [3.63, 3.8) is 0 Å². The van der Waals surface area contributed by atoms with Gasteiger partial charge in [-0.1, -0.05) is 18.2 Å². The summed E-state index contributed by atoms with van der Waals surface area (Å²) in [6.45, 7) is 8.35. The van der Waals surface area contributed by atoms with E-state index >= 15 is 0 Å². The van der Waals surface area contributed by atoms with Crippen LogP contribution in [0.3, 0.4) is 0 Å². The molecular weight excluding hydrogens is 364 g/mol. The summed E-state index contributed by atoms with van der Waals surface area (Å²) in [5, 5.41) is 5.75. The summed E-state index contributed by atoms with van der Waals surface area (Å²) >= 11 is 0. The summed E-state index contributed by atoms with van der Waals surface area (Å²) in [6.07, 6.45) is 1.81. The van der Waals surface area contributed by atoms with E-state index in [-0.39, 0.29) is 0 Å². The minimum atomic E-state index is 0.318. The van der Waals surface area contributed by atoms with E-state index in [0.29, 0.717) is 12.5 Å². The van der Waals surface area contributed by atoms with Gasteiger partial charge in [0.05, 0.1) is 24.2 Å². The molecule has 148 valence electrons. The van der Waals surface area contributed by atoms with Gasteiger partial charge in [-0.3, -0.25) is 4.98 Å². The van der Waals surface area contributed by atoms with Gasteiger partial charge in [0, 0.05) is 28.8 Å². The van der Waals surface area contributed by atoms with E-state index in [1.54, 1.807) is 13.3 Å². The molecule has 0 aliphatic heterocycles. The number of hydrogen-bond donors (Lipinski definition) is 0. The van der Waals surface area contributed by atoms with Crippen LogP contribution in [-0.2, 0) is 6.61 Å². The summed E-state index contributed by atoms with van der Waals surface area (Å²) in [6, 6.07) is 12.0. The normalized spacial score (nSPS) is 11.1. The van der Waals surface area contributed by atoms with Crippen molar-refractivity contribution in [2.24, 2.45) is 0 Å². The Bertz CT molecular complexity index is 1180. The number of aryl methyl sites for hydroxylation is 3. The average molecular weight is 388 g/mol. The van der Waals surface area contributed by atoms with E-state index in [0.717, 1.165) is 50.5 Å². The molecule has 0 atom stereocenters. The van der Waals surface area contributed by atoms with Crippen LogP contribution in [0.4, 0.5) is 0 Å². The van der Waals surface area contributed by atoms with Crippen LogP contribution in [0.2, 0.25) is 0 Å². The van der Waals surface area contributed by atoms with Gasteiger partial charge in [0.25, 0.3) is 0 Å². The van der Waals surface area contributed by atoms with Crippen molar-refractivity contribution in [1.82, 2.24) is 19.7 Å². The number of ether oxygens (including phenoxy) is 2. The number of pyridine rings is 2. The minimum absolute atomic E-state index is 0.318. The molecule has 0 saturated carbocycles. The SMILES string of the molecule is COc1c(C)cnc(COc2cc(C)c3c(C)nn(-c4ccccc4)c3n2)c1C. The lowest BCUT2D eigenvalue weighted by atomic mass is 10.1. The quantitative estimate of drug-likeness (QED) is 0.498. The molecule has 1 aromatic carbocycles. The highest BCUT2D eigenvalue weighted by Crippen LogP contribution is 2.28. The monoisotopic (exact) mass is 388 g/mol. The summed E-state index contributed by atoms with van der Waals surface area (Å²) in [5.74, 6) is 1.39. The molecule has 0 bridgehead atoms. The fraction of sp³-hybridized carbons (Fsp3) is 0.261. The number of benzene rings is 1. The molecule has 0 unspecified atom stereocenters. The van der Waals surface area contributed by atoms with E-state index < -0.39 is 0 Å². The average Bonchev–Trinajstić information content (AvgIpc) is 3.05. The molecule has 0 saturated heterocycles. The van der Waals surface area contributed by atoms with Crippen LogP contribution >= 0.6 is 0 Å². The van der Waals surface area contributed by atoms with Gasteiger partial charge in [-0.25, -0.2) is 4.68 Å². The summed E-state index contributed by atoms with van der Waals surface area (Å²) in [5.41, 5.74) is 6.60. The molecule has 0 fully saturated rings. The van der Waals surface area contributed by atoms with Crippen LogP contribution < -0.4 is 9.47 Å². The first-order chi connectivity index (χ1) is 14.0. The number of rotatable bonds is 5. The Kier molecular flexibility index (Phi) is 4.92. The van der Waals surface area contributed by atoms with Gasteiger partial charge in [0.2, 0.25) is 5.88 Å². The molecular formula is C23H24N4O2. The van der Waals surface area contributed by atoms with Crippen LogP contribution in [0, 0.1) is 27.7 Å². The third-order valence-electron chi connectivity index (χ3n) is 5.09. The van der Waals surface area contributed by atoms with Crippen LogP contribution in [0.1, 0.15) is 28.1 Å².